The molecule has 0 aromatic carbocycles. The van der Waals surface area contributed by atoms with Gasteiger partial charge >= 0.3 is 0 Å². The zero-order valence-electron chi connectivity index (χ0n) is 10.8. The van der Waals surface area contributed by atoms with Crippen LogP contribution < -0.4 is 4.74 Å². The molecule has 18 heavy (non-hydrogen) atoms. The van der Waals surface area contributed by atoms with Gasteiger partial charge in [0.2, 0.25) is 5.88 Å². The Morgan fingerprint density at radius 1 is 1.67 bits per heavy atom. The van der Waals surface area contributed by atoms with Crippen molar-refractivity contribution >= 4 is 5.91 Å². The Labute approximate surface area is 107 Å². The number of ether oxygens (including phenoxy) is 2. The summed E-state index contributed by atoms with van der Waals surface area (Å²) in [5.41, 5.74) is 0.522. The molecule has 0 radical (unpaired) electrons. The second-order valence-electron chi connectivity index (χ2n) is 4.22. The molecule has 1 fully saturated rings. The van der Waals surface area contributed by atoms with Crippen LogP contribution in [0.1, 0.15) is 24.2 Å². The van der Waals surface area contributed by atoms with Crippen LogP contribution >= 0.6 is 0 Å². The fraction of sp³-hybridized carbons (Fsp3) is 0.538. The van der Waals surface area contributed by atoms with Crippen molar-refractivity contribution in [2.24, 2.45) is 0 Å². The summed E-state index contributed by atoms with van der Waals surface area (Å²) in [4.78, 5) is 18.3. The van der Waals surface area contributed by atoms with Gasteiger partial charge in [0.05, 0.1) is 19.3 Å². The number of carbonyl (C=O) groups excluding carboxylic acids is 1. The fourth-order valence-electron chi connectivity index (χ4n) is 1.98. The van der Waals surface area contributed by atoms with Crippen molar-refractivity contribution in [1.29, 1.82) is 0 Å². The molecule has 0 saturated carbocycles. The highest BCUT2D eigenvalue weighted by Gasteiger charge is 2.24. The number of hydrogen-bond donors (Lipinski definition) is 0. The van der Waals surface area contributed by atoms with Gasteiger partial charge in [0.25, 0.3) is 5.91 Å². The van der Waals surface area contributed by atoms with E-state index in [9.17, 15) is 4.79 Å². The first-order valence-electron chi connectivity index (χ1n) is 6.21. The third kappa shape index (κ3) is 2.79. The van der Waals surface area contributed by atoms with Crippen LogP contribution in [0.3, 0.4) is 0 Å². The molecule has 2 rings (SSSR count). The fourth-order valence-corrected chi connectivity index (χ4v) is 1.98. The molecular weight excluding hydrogens is 232 g/mol. The van der Waals surface area contributed by atoms with E-state index in [4.69, 9.17) is 9.47 Å². The molecule has 1 aromatic heterocycles. The van der Waals surface area contributed by atoms with Crippen LogP contribution in [0.2, 0.25) is 0 Å². The molecule has 0 N–H and O–H groups in total. The number of morpholine rings is 1. The minimum absolute atomic E-state index is 0.0401. The van der Waals surface area contributed by atoms with E-state index >= 15 is 0 Å². The zero-order chi connectivity index (χ0) is 13.0. The van der Waals surface area contributed by atoms with Gasteiger partial charge in [-0.3, -0.25) is 4.79 Å². The number of hydrogen-bond acceptors (Lipinski definition) is 4. The average molecular weight is 250 g/mol. The highest BCUT2D eigenvalue weighted by atomic mass is 16.5. The van der Waals surface area contributed by atoms with E-state index < -0.39 is 0 Å². The second-order valence-corrected chi connectivity index (χ2v) is 4.22. The van der Waals surface area contributed by atoms with Gasteiger partial charge in [-0.1, -0.05) is 0 Å². The molecule has 1 saturated heterocycles. The minimum atomic E-state index is -0.0401. The van der Waals surface area contributed by atoms with Crippen LogP contribution in [0.5, 0.6) is 5.88 Å². The van der Waals surface area contributed by atoms with Crippen molar-refractivity contribution in [3.05, 3.63) is 23.9 Å². The molecule has 5 heteroatoms. The molecule has 0 spiro atoms. The lowest BCUT2D eigenvalue weighted by atomic mass is 10.2. The number of amides is 1. The van der Waals surface area contributed by atoms with Crippen LogP contribution in [-0.4, -0.2) is 48.2 Å². The smallest absolute Gasteiger partial charge is 0.259 e. The van der Waals surface area contributed by atoms with E-state index in [1.54, 1.807) is 23.2 Å². The first-order valence-corrected chi connectivity index (χ1v) is 6.21. The summed E-state index contributed by atoms with van der Waals surface area (Å²) in [6.45, 7) is 6.14. The molecule has 1 aliphatic heterocycles. The summed E-state index contributed by atoms with van der Waals surface area (Å²) in [7, 11) is 0. The van der Waals surface area contributed by atoms with Gasteiger partial charge in [-0.15, -0.1) is 0 Å². The highest BCUT2D eigenvalue weighted by molar-refractivity contribution is 5.96. The predicted octanol–water partition coefficient (Wildman–Crippen LogP) is 1.34. The van der Waals surface area contributed by atoms with Gasteiger partial charge in [-0.2, -0.15) is 0 Å². The molecule has 0 aliphatic carbocycles. The predicted molar refractivity (Wildman–Crippen MR) is 66.7 cm³/mol. The molecule has 1 atom stereocenters. The highest BCUT2D eigenvalue weighted by Crippen LogP contribution is 2.18. The molecule has 2 heterocycles. The van der Waals surface area contributed by atoms with Crippen molar-refractivity contribution in [3.63, 3.8) is 0 Å². The van der Waals surface area contributed by atoms with Gasteiger partial charge in [0.1, 0.15) is 5.56 Å². The Hall–Kier alpha value is -1.62. The van der Waals surface area contributed by atoms with Gasteiger partial charge < -0.3 is 14.4 Å². The summed E-state index contributed by atoms with van der Waals surface area (Å²) in [5, 5.41) is 0. The van der Waals surface area contributed by atoms with Crippen molar-refractivity contribution in [2.75, 3.05) is 26.3 Å². The topological polar surface area (TPSA) is 51.7 Å². The average Bonchev–Trinajstić information content (AvgIpc) is 2.39. The first kappa shape index (κ1) is 12.8. The van der Waals surface area contributed by atoms with E-state index in [1.807, 2.05) is 13.8 Å². The molecule has 1 amide bonds. The number of nitrogens with zero attached hydrogens (tertiary/aromatic N) is 2. The lowest BCUT2D eigenvalue weighted by Crippen LogP contribution is -2.44. The summed E-state index contributed by atoms with van der Waals surface area (Å²) in [6.07, 6.45) is 1.71. The maximum Gasteiger partial charge on any atom is 0.259 e. The number of carbonyl (C=O) groups is 1. The van der Waals surface area contributed by atoms with E-state index in [2.05, 4.69) is 4.98 Å². The van der Waals surface area contributed by atoms with Crippen molar-refractivity contribution in [2.45, 2.75) is 20.0 Å². The molecule has 1 aromatic rings. The Bertz CT molecular complexity index is 422. The third-order valence-corrected chi connectivity index (χ3v) is 2.81. The largest absolute Gasteiger partial charge is 0.477 e. The monoisotopic (exact) mass is 250 g/mol. The lowest BCUT2D eigenvalue weighted by molar-refractivity contribution is -0.0125. The van der Waals surface area contributed by atoms with Crippen LogP contribution in [0, 0.1) is 0 Å². The zero-order valence-corrected chi connectivity index (χ0v) is 10.8. The second kappa shape index (κ2) is 5.82. The first-order chi connectivity index (χ1) is 8.72. The normalized spacial score (nSPS) is 19.7. The molecule has 0 bridgehead atoms. The van der Waals surface area contributed by atoms with E-state index in [0.717, 1.165) is 0 Å². The summed E-state index contributed by atoms with van der Waals surface area (Å²) in [6, 6.07) is 3.50. The Morgan fingerprint density at radius 2 is 2.50 bits per heavy atom. The summed E-state index contributed by atoms with van der Waals surface area (Å²) >= 11 is 0. The van der Waals surface area contributed by atoms with Gasteiger partial charge in [-0.25, -0.2) is 4.98 Å². The van der Waals surface area contributed by atoms with E-state index in [0.29, 0.717) is 37.7 Å². The summed E-state index contributed by atoms with van der Waals surface area (Å²) < 4.78 is 10.8. The maximum atomic E-state index is 12.4. The Balaban J connectivity index is 2.17. The quantitative estimate of drug-likeness (QED) is 0.812. The summed E-state index contributed by atoms with van der Waals surface area (Å²) in [5.74, 6) is 0.367. The van der Waals surface area contributed by atoms with Gasteiger partial charge in [0, 0.05) is 19.3 Å². The van der Waals surface area contributed by atoms with Crippen molar-refractivity contribution < 1.29 is 14.3 Å². The third-order valence-electron chi connectivity index (χ3n) is 2.81. The number of rotatable bonds is 3. The molecule has 98 valence electrons. The van der Waals surface area contributed by atoms with Crippen LogP contribution in [0.4, 0.5) is 0 Å². The Kier molecular flexibility index (Phi) is 4.15. The Morgan fingerprint density at radius 3 is 3.22 bits per heavy atom. The number of pyridine rings is 1. The minimum Gasteiger partial charge on any atom is -0.477 e. The molecule has 1 unspecified atom stereocenters. The van der Waals surface area contributed by atoms with Gasteiger partial charge in [0.15, 0.2) is 0 Å². The molecule has 5 nitrogen and oxygen atoms in total. The van der Waals surface area contributed by atoms with Crippen molar-refractivity contribution in [1.82, 2.24) is 9.88 Å². The van der Waals surface area contributed by atoms with Crippen LogP contribution in [0.15, 0.2) is 18.3 Å². The van der Waals surface area contributed by atoms with Crippen LogP contribution in [0.25, 0.3) is 0 Å². The van der Waals surface area contributed by atoms with Crippen LogP contribution in [-0.2, 0) is 4.74 Å². The molecule has 1 aliphatic rings. The maximum absolute atomic E-state index is 12.4. The van der Waals surface area contributed by atoms with E-state index in [1.165, 1.54) is 0 Å². The van der Waals surface area contributed by atoms with Gasteiger partial charge in [-0.05, 0) is 26.0 Å². The standard InChI is InChI=1S/C13H18N2O3/c1-3-17-12-11(5-4-6-14-12)13(16)15-7-8-18-10(2)9-15/h4-6,10H,3,7-9H2,1-2H3. The van der Waals surface area contributed by atoms with E-state index in [-0.39, 0.29) is 12.0 Å². The number of aromatic nitrogens is 1. The van der Waals surface area contributed by atoms with Crippen molar-refractivity contribution in [3.8, 4) is 5.88 Å². The lowest BCUT2D eigenvalue weighted by Gasteiger charge is -2.31. The SMILES string of the molecule is CCOc1ncccc1C(=O)N1CCOC(C)C1. The molecular formula is C13H18N2O3.